The second-order valence-corrected chi connectivity index (χ2v) is 4.86. The van der Waals surface area contributed by atoms with E-state index in [2.05, 4.69) is 15.6 Å². The highest BCUT2D eigenvalue weighted by atomic mass is 35.5. The molecule has 110 valence electrons. The van der Waals surface area contributed by atoms with E-state index in [1.165, 1.54) is 23.0 Å². The monoisotopic (exact) mass is 328 g/mol. The molecule has 0 saturated carbocycles. The number of carbonyl (C=O) groups excluding carboxylic acids is 1. The third-order valence-corrected chi connectivity index (χ3v) is 3.25. The van der Waals surface area contributed by atoms with Crippen molar-refractivity contribution in [1.29, 1.82) is 0 Å². The molecule has 1 amide bonds. The maximum Gasteiger partial charge on any atom is 0.339 e. The van der Waals surface area contributed by atoms with Crippen LogP contribution in [-0.4, -0.2) is 32.0 Å². The van der Waals surface area contributed by atoms with Gasteiger partial charge in [0.05, 0.1) is 28.5 Å². The van der Waals surface area contributed by atoms with Crippen LogP contribution in [0.5, 0.6) is 0 Å². The summed E-state index contributed by atoms with van der Waals surface area (Å²) in [6.07, 6.45) is 3.20. The molecule has 0 bridgehead atoms. The molecular formula is C12H10Cl2N4O3. The Morgan fingerprint density at radius 3 is 2.62 bits per heavy atom. The van der Waals surface area contributed by atoms with Crippen LogP contribution in [0.25, 0.3) is 0 Å². The molecule has 0 unspecified atom stereocenters. The first-order chi connectivity index (χ1) is 9.99. The van der Waals surface area contributed by atoms with Gasteiger partial charge in [0.25, 0.3) is 0 Å². The van der Waals surface area contributed by atoms with Gasteiger partial charge in [0.1, 0.15) is 5.56 Å². The van der Waals surface area contributed by atoms with Gasteiger partial charge in [0.2, 0.25) is 5.91 Å². The van der Waals surface area contributed by atoms with Gasteiger partial charge in [-0.15, -0.1) is 5.10 Å². The molecule has 0 aliphatic carbocycles. The molecule has 0 aliphatic heterocycles. The number of hydrogen-bond acceptors (Lipinski definition) is 4. The third kappa shape index (κ3) is 3.71. The lowest BCUT2D eigenvalue weighted by Gasteiger charge is -2.11. The number of carbonyl (C=O) groups is 2. The molecule has 0 radical (unpaired) electrons. The molecule has 7 nitrogen and oxygen atoms in total. The molecular weight excluding hydrogens is 319 g/mol. The number of halogens is 2. The van der Waals surface area contributed by atoms with Crippen molar-refractivity contribution >= 4 is 40.8 Å². The van der Waals surface area contributed by atoms with E-state index in [0.717, 1.165) is 0 Å². The molecule has 0 aliphatic rings. The molecule has 1 aromatic heterocycles. The van der Waals surface area contributed by atoms with Crippen LogP contribution in [0.15, 0.2) is 24.5 Å². The van der Waals surface area contributed by atoms with Crippen LogP contribution < -0.4 is 5.32 Å². The van der Waals surface area contributed by atoms with E-state index in [1.54, 1.807) is 6.20 Å². The number of anilines is 1. The van der Waals surface area contributed by atoms with Crippen LogP contribution in [0.1, 0.15) is 16.8 Å². The first kappa shape index (κ1) is 15.3. The first-order valence-corrected chi connectivity index (χ1v) is 6.60. The number of benzene rings is 1. The molecule has 2 N–H and O–H groups in total. The largest absolute Gasteiger partial charge is 0.478 e. The van der Waals surface area contributed by atoms with Crippen LogP contribution in [-0.2, 0) is 11.3 Å². The number of hydrogen-bond donors (Lipinski definition) is 2. The first-order valence-electron chi connectivity index (χ1n) is 5.84. The van der Waals surface area contributed by atoms with Crippen LogP contribution in [0.3, 0.4) is 0 Å². The van der Waals surface area contributed by atoms with Crippen molar-refractivity contribution in [3.05, 3.63) is 40.1 Å². The van der Waals surface area contributed by atoms with Gasteiger partial charge in [-0.2, -0.15) is 0 Å². The van der Waals surface area contributed by atoms with Crippen LogP contribution in [0.2, 0.25) is 10.0 Å². The summed E-state index contributed by atoms with van der Waals surface area (Å²) in [5.41, 5.74) is -0.251. The number of nitrogens with one attached hydrogen (secondary N) is 1. The number of carboxylic acid groups (broad SMARTS) is 1. The zero-order chi connectivity index (χ0) is 15.4. The zero-order valence-electron chi connectivity index (χ0n) is 10.6. The van der Waals surface area contributed by atoms with Crippen molar-refractivity contribution in [2.75, 3.05) is 5.32 Å². The number of aryl methyl sites for hydroxylation is 1. The summed E-state index contributed by atoms with van der Waals surface area (Å²) in [5, 5.41) is 19.0. The van der Waals surface area contributed by atoms with Crippen molar-refractivity contribution in [2.45, 2.75) is 13.0 Å². The van der Waals surface area contributed by atoms with Gasteiger partial charge in [-0.25, -0.2) is 4.79 Å². The molecule has 2 rings (SSSR count). The zero-order valence-corrected chi connectivity index (χ0v) is 12.1. The molecule has 1 heterocycles. The van der Waals surface area contributed by atoms with E-state index >= 15 is 0 Å². The van der Waals surface area contributed by atoms with Crippen LogP contribution >= 0.6 is 23.2 Å². The van der Waals surface area contributed by atoms with Crippen LogP contribution in [0.4, 0.5) is 5.69 Å². The molecule has 0 fully saturated rings. The van der Waals surface area contributed by atoms with Crippen molar-refractivity contribution in [2.24, 2.45) is 0 Å². The van der Waals surface area contributed by atoms with E-state index in [1.807, 2.05) is 0 Å². The number of aromatic carboxylic acids is 1. The molecule has 0 saturated heterocycles. The van der Waals surface area contributed by atoms with E-state index in [9.17, 15) is 9.59 Å². The summed E-state index contributed by atoms with van der Waals surface area (Å²) >= 11 is 11.7. The Morgan fingerprint density at radius 1 is 1.29 bits per heavy atom. The quantitative estimate of drug-likeness (QED) is 0.877. The van der Waals surface area contributed by atoms with Gasteiger partial charge < -0.3 is 10.4 Å². The van der Waals surface area contributed by atoms with Crippen molar-refractivity contribution < 1.29 is 14.7 Å². The van der Waals surface area contributed by atoms with Crippen LogP contribution in [0, 0.1) is 0 Å². The Bertz CT molecular complexity index is 673. The average molecular weight is 329 g/mol. The van der Waals surface area contributed by atoms with Gasteiger partial charge in [-0.05, 0) is 12.1 Å². The van der Waals surface area contributed by atoms with Gasteiger partial charge in [0, 0.05) is 12.6 Å². The van der Waals surface area contributed by atoms with Crippen molar-refractivity contribution in [3.63, 3.8) is 0 Å². The Morgan fingerprint density at radius 2 is 2.00 bits per heavy atom. The van der Waals surface area contributed by atoms with Gasteiger partial charge in [-0.3, -0.25) is 9.48 Å². The Kier molecular flexibility index (Phi) is 4.77. The Balaban J connectivity index is 2.13. The fraction of sp³-hybridized carbons (Fsp3) is 0.167. The fourth-order valence-corrected chi connectivity index (χ4v) is 2.10. The average Bonchev–Trinajstić information content (AvgIpc) is 2.93. The van der Waals surface area contributed by atoms with Crippen molar-refractivity contribution in [1.82, 2.24) is 15.0 Å². The number of carboxylic acids is 1. The SMILES string of the molecule is O=C(CCn1ccnn1)Nc1c(Cl)ccc(Cl)c1C(=O)O. The predicted molar refractivity (Wildman–Crippen MR) is 76.7 cm³/mol. The number of nitrogens with zero attached hydrogens (tertiary/aromatic N) is 3. The lowest BCUT2D eigenvalue weighted by molar-refractivity contribution is -0.116. The maximum absolute atomic E-state index is 11.9. The number of rotatable bonds is 5. The molecule has 9 heteroatoms. The highest BCUT2D eigenvalue weighted by Gasteiger charge is 2.19. The van der Waals surface area contributed by atoms with E-state index < -0.39 is 11.9 Å². The van der Waals surface area contributed by atoms with E-state index in [4.69, 9.17) is 28.3 Å². The standard InChI is InChI=1S/C12H10Cl2N4O3/c13-7-1-2-8(14)11(10(7)12(20)21)16-9(19)3-5-18-6-4-15-17-18/h1-2,4,6H,3,5H2,(H,16,19)(H,20,21). The minimum Gasteiger partial charge on any atom is -0.478 e. The number of amides is 1. The summed E-state index contributed by atoms with van der Waals surface area (Å²) in [6, 6.07) is 2.78. The second-order valence-electron chi connectivity index (χ2n) is 4.05. The normalized spacial score (nSPS) is 10.4. The molecule has 0 atom stereocenters. The molecule has 2 aromatic rings. The second kappa shape index (κ2) is 6.55. The third-order valence-electron chi connectivity index (χ3n) is 2.62. The number of aromatic nitrogens is 3. The van der Waals surface area contributed by atoms with E-state index in [-0.39, 0.29) is 27.7 Å². The van der Waals surface area contributed by atoms with Crippen molar-refractivity contribution in [3.8, 4) is 0 Å². The van der Waals surface area contributed by atoms with Gasteiger partial charge in [-0.1, -0.05) is 28.4 Å². The smallest absolute Gasteiger partial charge is 0.339 e. The fourth-order valence-electron chi connectivity index (χ4n) is 1.65. The lowest BCUT2D eigenvalue weighted by Crippen LogP contribution is -2.17. The maximum atomic E-state index is 11.9. The highest BCUT2D eigenvalue weighted by Crippen LogP contribution is 2.32. The summed E-state index contributed by atoms with van der Waals surface area (Å²) < 4.78 is 1.48. The summed E-state index contributed by atoms with van der Waals surface area (Å²) in [4.78, 5) is 23.1. The summed E-state index contributed by atoms with van der Waals surface area (Å²) in [6.45, 7) is 0.312. The van der Waals surface area contributed by atoms with Gasteiger partial charge in [0.15, 0.2) is 0 Å². The molecule has 21 heavy (non-hydrogen) atoms. The predicted octanol–water partition coefficient (Wildman–Crippen LogP) is 2.31. The minimum absolute atomic E-state index is 0.00141. The Labute approximate surface area is 129 Å². The topological polar surface area (TPSA) is 97.1 Å². The van der Waals surface area contributed by atoms with E-state index in [0.29, 0.717) is 6.54 Å². The molecule has 1 aromatic carbocycles. The minimum atomic E-state index is -1.27. The Hall–Kier alpha value is -2.12. The highest BCUT2D eigenvalue weighted by molar-refractivity contribution is 6.38. The lowest BCUT2D eigenvalue weighted by atomic mass is 10.1. The summed E-state index contributed by atoms with van der Waals surface area (Å²) in [5.74, 6) is -1.67. The van der Waals surface area contributed by atoms with Gasteiger partial charge >= 0.3 is 5.97 Å². The molecule has 0 spiro atoms. The summed E-state index contributed by atoms with van der Waals surface area (Å²) in [7, 11) is 0.